The molecule has 1 aromatic carbocycles. The third kappa shape index (κ3) is 3.75. The Kier molecular flexibility index (Phi) is 5.66. The monoisotopic (exact) mass is 350 g/mol. The van der Waals surface area contributed by atoms with Crippen molar-refractivity contribution < 1.29 is 0 Å². The van der Waals surface area contributed by atoms with Crippen LogP contribution in [0.5, 0.6) is 0 Å². The van der Waals surface area contributed by atoms with Gasteiger partial charge in [-0.05, 0) is 49.8 Å². The number of anilines is 1. The third-order valence-corrected chi connectivity index (χ3v) is 5.12. The van der Waals surface area contributed by atoms with Gasteiger partial charge in [0.2, 0.25) is 0 Å². The summed E-state index contributed by atoms with van der Waals surface area (Å²) in [6.07, 6.45) is 9.63. The first-order valence-corrected chi connectivity index (χ1v) is 9.50. The van der Waals surface area contributed by atoms with Gasteiger partial charge in [0.25, 0.3) is 0 Å². The molecular weight excluding hydrogens is 327 g/mol. The molecule has 1 aromatic heterocycles. The zero-order valence-corrected chi connectivity index (χ0v) is 15.2. The van der Waals surface area contributed by atoms with E-state index in [4.69, 9.17) is 28.2 Å². The summed E-state index contributed by atoms with van der Waals surface area (Å²) < 4.78 is 0. The SMILES string of the molecule is CCCCCCNc1c2c(nc3c(Cl)cc(Cl)cc13)CCCC2. The van der Waals surface area contributed by atoms with Crippen molar-refractivity contribution in [2.75, 3.05) is 11.9 Å². The van der Waals surface area contributed by atoms with Gasteiger partial charge in [0, 0.05) is 28.3 Å². The van der Waals surface area contributed by atoms with Gasteiger partial charge in [0.05, 0.1) is 10.5 Å². The van der Waals surface area contributed by atoms with E-state index in [0.29, 0.717) is 10.0 Å². The van der Waals surface area contributed by atoms with Gasteiger partial charge < -0.3 is 5.32 Å². The molecule has 1 N–H and O–H groups in total. The largest absolute Gasteiger partial charge is 0.384 e. The number of nitrogens with zero attached hydrogens (tertiary/aromatic N) is 1. The van der Waals surface area contributed by atoms with Gasteiger partial charge in [0.1, 0.15) is 0 Å². The lowest BCUT2D eigenvalue weighted by Gasteiger charge is -2.22. The number of pyridine rings is 1. The number of unbranched alkanes of at least 4 members (excludes halogenated alkanes) is 3. The van der Waals surface area contributed by atoms with Crippen molar-refractivity contribution >= 4 is 39.8 Å². The maximum Gasteiger partial charge on any atom is 0.0913 e. The van der Waals surface area contributed by atoms with Gasteiger partial charge in [-0.1, -0.05) is 49.4 Å². The Bertz CT molecular complexity index is 698. The van der Waals surface area contributed by atoms with Crippen LogP contribution in [0, 0.1) is 0 Å². The highest BCUT2D eigenvalue weighted by Gasteiger charge is 2.19. The summed E-state index contributed by atoms with van der Waals surface area (Å²) in [6.45, 7) is 3.24. The predicted molar refractivity (Wildman–Crippen MR) is 101 cm³/mol. The first-order valence-electron chi connectivity index (χ1n) is 8.75. The maximum atomic E-state index is 6.40. The minimum Gasteiger partial charge on any atom is -0.384 e. The average Bonchev–Trinajstić information content (AvgIpc) is 2.54. The van der Waals surface area contributed by atoms with E-state index in [1.165, 1.54) is 55.5 Å². The van der Waals surface area contributed by atoms with Crippen molar-refractivity contribution in [2.24, 2.45) is 0 Å². The first kappa shape index (κ1) is 16.9. The highest BCUT2D eigenvalue weighted by Crippen LogP contribution is 2.37. The molecule has 0 spiro atoms. The fraction of sp³-hybridized carbons (Fsp3) is 0.526. The zero-order chi connectivity index (χ0) is 16.2. The summed E-state index contributed by atoms with van der Waals surface area (Å²) >= 11 is 12.6. The molecule has 0 saturated carbocycles. The molecule has 0 amide bonds. The fourth-order valence-electron chi connectivity index (χ4n) is 3.42. The lowest BCUT2D eigenvalue weighted by molar-refractivity contribution is 0.668. The second kappa shape index (κ2) is 7.72. The van der Waals surface area contributed by atoms with Crippen molar-refractivity contribution in [3.8, 4) is 0 Å². The number of rotatable bonds is 6. The van der Waals surface area contributed by atoms with Crippen molar-refractivity contribution in [1.29, 1.82) is 0 Å². The van der Waals surface area contributed by atoms with Crippen molar-refractivity contribution in [2.45, 2.75) is 58.3 Å². The van der Waals surface area contributed by atoms with Gasteiger partial charge >= 0.3 is 0 Å². The van der Waals surface area contributed by atoms with Crippen molar-refractivity contribution in [3.63, 3.8) is 0 Å². The Morgan fingerprint density at radius 1 is 1.09 bits per heavy atom. The smallest absolute Gasteiger partial charge is 0.0913 e. The van der Waals surface area contributed by atoms with Crippen molar-refractivity contribution in [1.82, 2.24) is 4.98 Å². The Hall–Kier alpha value is -0.990. The highest BCUT2D eigenvalue weighted by atomic mass is 35.5. The van der Waals surface area contributed by atoms with Gasteiger partial charge in [-0.3, -0.25) is 4.98 Å². The normalized spacial score (nSPS) is 14.0. The Morgan fingerprint density at radius 3 is 2.74 bits per heavy atom. The molecule has 1 aliphatic carbocycles. The summed E-state index contributed by atoms with van der Waals surface area (Å²) in [5.74, 6) is 0. The summed E-state index contributed by atoms with van der Waals surface area (Å²) in [5, 5.41) is 6.06. The van der Waals surface area contributed by atoms with Crippen LogP contribution in [0.15, 0.2) is 12.1 Å². The second-order valence-electron chi connectivity index (χ2n) is 6.39. The van der Waals surface area contributed by atoms with Crippen LogP contribution in [-0.2, 0) is 12.8 Å². The fourth-order valence-corrected chi connectivity index (χ4v) is 3.95. The lowest BCUT2D eigenvalue weighted by atomic mass is 9.92. The van der Waals surface area contributed by atoms with Crippen LogP contribution in [0.2, 0.25) is 10.0 Å². The maximum absolute atomic E-state index is 6.40. The van der Waals surface area contributed by atoms with E-state index in [0.717, 1.165) is 30.3 Å². The number of aryl methyl sites for hydroxylation is 1. The summed E-state index contributed by atoms with van der Waals surface area (Å²) in [6, 6.07) is 3.79. The molecule has 0 bridgehead atoms. The number of hydrogen-bond acceptors (Lipinski definition) is 2. The molecular formula is C19H24Cl2N2. The molecule has 4 heteroatoms. The number of halogens is 2. The summed E-state index contributed by atoms with van der Waals surface area (Å²) in [4.78, 5) is 4.84. The van der Waals surface area contributed by atoms with Gasteiger partial charge in [-0.25, -0.2) is 0 Å². The summed E-state index contributed by atoms with van der Waals surface area (Å²) in [5.41, 5.74) is 4.68. The molecule has 2 aromatic rings. The van der Waals surface area contributed by atoms with Gasteiger partial charge in [-0.2, -0.15) is 0 Å². The quantitative estimate of drug-likeness (QED) is 0.608. The third-order valence-electron chi connectivity index (χ3n) is 4.62. The Labute approximate surface area is 148 Å². The van der Waals surface area contributed by atoms with Crippen LogP contribution in [0.3, 0.4) is 0 Å². The predicted octanol–water partition coefficient (Wildman–Crippen LogP) is 6.41. The second-order valence-corrected chi connectivity index (χ2v) is 7.23. The van der Waals surface area contributed by atoms with E-state index in [1.54, 1.807) is 6.07 Å². The van der Waals surface area contributed by atoms with Crippen LogP contribution in [0.4, 0.5) is 5.69 Å². The highest BCUT2D eigenvalue weighted by molar-refractivity contribution is 6.38. The van der Waals surface area contributed by atoms with Crippen LogP contribution in [0.25, 0.3) is 10.9 Å². The number of nitrogens with one attached hydrogen (secondary N) is 1. The molecule has 2 nitrogen and oxygen atoms in total. The number of aromatic nitrogens is 1. The standard InChI is InChI=1S/C19H24Cl2N2/c1-2-3-4-7-10-22-18-14-8-5-6-9-17(14)23-19-15(18)11-13(20)12-16(19)21/h11-12H,2-10H2,1H3,(H,22,23). The molecule has 124 valence electrons. The molecule has 1 aliphatic rings. The molecule has 0 saturated heterocycles. The Balaban J connectivity index is 1.98. The van der Waals surface area contributed by atoms with Gasteiger partial charge in [0.15, 0.2) is 0 Å². The van der Waals surface area contributed by atoms with Crippen LogP contribution < -0.4 is 5.32 Å². The van der Waals surface area contributed by atoms with Crippen molar-refractivity contribution in [3.05, 3.63) is 33.4 Å². The van der Waals surface area contributed by atoms with E-state index in [1.807, 2.05) is 6.07 Å². The molecule has 0 atom stereocenters. The topological polar surface area (TPSA) is 24.9 Å². The minimum absolute atomic E-state index is 0.648. The molecule has 1 heterocycles. The molecule has 0 fully saturated rings. The van der Waals surface area contributed by atoms with E-state index in [9.17, 15) is 0 Å². The van der Waals surface area contributed by atoms with E-state index in [-0.39, 0.29) is 0 Å². The number of fused-ring (bicyclic) bond motifs is 2. The number of hydrogen-bond donors (Lipinski definition) is 1. The molecule has 0 unspecified atom stereocenters. The minimum atomic E-state index is 0.648. The molecule has 3 rings (SSSR count). The van der Waals surface area contributed by atoms with Crippen LogP contribution >= 0.6 is 23.2 Å². The van der Waals surface area contributed by atoms with Crippen LogP contribution in [-0.4, -0.2) is 11.5 Å². The molecule has 0 aliphatic heterocycles. The van der Waals surface area contributed by atoms with Crippen LogP contribution in [0.1, 0.15) is 56.7 Å². The van der Waals surface area contributed by atoms with Gasteiger partial charge in [-0.15, -0.1) is 0 Å². The zero-order valence-electron chi connectivity index (χ0n) is 13.7. The molecule has 23 heavy (non-hydrogen) atoms. The average molecular weight is 351 g/mol. The van der Waals surface area contributed by atoms with E-state index < -0.39 is 0 Å². The lowest BCUT2D eigenvalue weighted by Crippen LogP contribution is -2.12. The first-order chi connectivity index (χ1) is 11.2. The molecule has 0 radical (unpaired) electrons. The summed E-state index contributed by atoms with van der Waals surface area (Å²) in [7, 11) is 0. The number of benzene rings is 1. The van der Waals surface area contributed by atoms with E-state index in [2.05, 4.69) is 12.2 Å². The van der Waals surface area contributed by atoms with E-state index >= 15 is 0 Å². The Morgan fingerprint density at radius 2 is 1.91 bits per heavy atom.